The molecule has 16 N–H and O–H groups in total. The molecule has 7 amide bonds. The van der Waals surface area contributed by atoms with Crippen molar-refractivity contribution >= 4 is 47.3 Å². The van der Waals surface area contributed by atoms with Gasteiger partial charge in [-0.25, -0.2) is 0 Å². The van der Waals surface area contributed by atoms with Crippen molar-refractivity contribution in [1.29, 1.82) is 0 Å². The van der Waals surface area contributed by atoms with Crippen LogP contribution in [0.2, 0.25) is 0 Å². The summed E-state index contributed by atoms with van der Waals surface area (Å²) in [5, 5.41) is 22.5. The van der Waals surface area contributed by atoms with Crippen LogP contribution in [0.1, 0.15) is 71.3 Å². The first kappa shape index (κ1) is 44.6. The highest BCUT2D eigenvalue weighted by molar-refractivity contribution is 5.97. The van der Waals surface area contributed by atoms with Crippen LogP contribution < -0.4 is 55.3 Å². The van der Waals surface area contributed by atoms with Gasteiger partial charge in [-0.2, -0.15) is 0 Å². The van der Waals surface area contributed by atoms with Crippen molar-refractivity contribution in [3.63, 3.8) is 0 Å². The molecule has 0 saturated carbocycles. The van der Waals surface area contributed by atoms with E-state index in [1.165, 1.54) is 31.2 Å². The molecule has 1 rings (SSSR count). The molecule has 5 atom stereocenters. The maximum Gasteiger partial charge on any atom is 0.243 e. The number of nitrogens with zero attached hydrogens (tertiary/aromatic N) is 1. The van der Waals surface area contributed by atoms with Crippen LogP contribution in [0.3, 0.4) is 0 Å². The summed E-state index contributed by atoms with van der Waals surface area (Å²) >= 11 is 0. The average molecular weight is 734 g/mol. The topological polar surface area (TPSA) is 342 Å². The summed E-state index contributed by atoms with van der Waals surface area (Å²) in [5.41, 5.74) is 27.7. The fourth-order valence-electron chi connectivity index (χ4n) is 5.07. The maximum absolute atomic E-state index is 13.9. The summed E-state index contributed by atoms with van der Waals surface area (Å²) in [6.45, 7) is 5.34. The molecular formula is C33H55N11O8. The first-order valence-electron chi connectivity index (χ1n) is 17.0. The highest BCUT2D eigenvalue weighted by atomic mass is 16.3. The second-order valence-electron chi connectivity index (χ2n) is 12.8. The van der Waals surface area contributed by atoms with Crippen molar-refractivity contribution in [3.05, 3.63) is 29.8 Å². The van der Waals surface area contributed by atoms with Gasteiger partial charge in [-0.3, -0.25) is 38.6 Å². The van der Waals surface area contributed by atoms with Crippen LogP contribution in [-0.2, 0) is 40.0 Å². The van der Waals surface area contributed by atoms with Gasteiger partial charge in [0.2, 0.25) is 41.4 Å². The molecule has 0 aliphatic heterocycles. The molecule has 0 spiro atoms. The number of nitrogens with two attached hydrogens (primary N) is 5. The van der Waals surface area contributed by atoms with Crippen LogP contribution in [0.25, 0.3) is 0 Å². The Morgan fingerprint density at radius 1 is 0.692 bits per heavy atom. The van der Waals surface area contributed by atoms with Gasteiger partial charge >= 0.3 is 0 Å². The third kappa shape index (κ3) is 18.0. The molecule has 0 bridgehead atoms. The number of carbonyl (C=O) groups is 7. The zero-order valence-electron chi connectivity index (χ0n) is 30.0. The van der Waals surface area contributed by atoms with Crippen molar-refractivity contribution in [1.82, 2.24) is 26.6 Å². The summed E-state index contributed by atoms with van der Waals surface area (Å²) in [6, 6.07) is -0.551. The van der Waals surface area contributed by atoms with Crippen LogP contribution in [0.15, 0.2) is 29.3 Å². The van der Waals surface area contributed by atoms with E-state index in [2.05, 4.69) is 31.6 Å². The summed E-state index contributed by atoms with van der Waals surface area (Å²) in [6.07, 6.45) is 0.956. The number of nitrogens with one attached hydrogen (secondary N) is 5. The Labute approximate surface area is 303 Å². The molecule has 52 heavy (non-hydrogen) atoms. The number of hydrogen-bond donors (Lipinski definition) is 11. The van der Waals surface area contributed by atoms with E-state index < -0.39 is 78.0 Å². The minimum atomic E-state index is -1.56. The Morgan fingerprint density at radius 2 is 1.19 bits per heavy atom. The van der Waals surface area contributed by atoms with E-state index in [9.17, 15) is 38.7 Å². The minimum absolute atomic E-state index is 0.00849. The van der Waals surface area contributed by atoms with E-state index >= 15 is 0 Å². The molecule has 0 aromatic heterocycles. The number of amides is 7. The largest absolute Gasteiger partial charge is 0.508 e. The number of primary amides is 2. The standard InChI is InChI=1S/C33H55N11O8/c1-18(2)15-24(28(36)48)42-32(52)26(17-27(35)47)44-31(51)25(16-20-9-11-21(46)12-10-20)43-30(50)23(8-6-14-39-33(37)38)41-29(49)22(40-19(3)45)7-4-5-13-34/h9-12,18,22-26,46H,4-8,13-17,34H2,1-3H3,(H2,35,47)(H2,36,48)(H,40,45)(H,41,49)(H,42,52)(H,43,50)(H,44,51)(H4,37,38,39). The van der Waals surface area contributed by atoms with Gasteiger partial charge in [0, 0.05) is 19.9 Å². The van der Waals surface area contributed by atoms with E-state index in [1.807, 2.05) is 0 Å². The van der Waals surface area contributed by atoms with Gasteiger partial charge in [0.05, 0.1) is 6.42 Å². The number of benzene rings is 1. The van der Waals surface area contributed by atoms with Crippen LogP contribution in [0.4, 0.5) is 0 Å². The van der Waals surface area contributed by atoms with E-state index in [4.69, 9.17) is 28.7 Å². The first-order valence-corrected chi connectivity index (χ1v) is 17.0. The lowest BCUT2D eigenvalue weighted by atomic mass is 10.0. The molecule has 0 aliphatic rings. The number of aliphatic imine (C=N–C) groups is 1. The second-order valence-corrected chi connectivity index (χ2v) is 12.8. The highest BCUT2D eigenvalue weighted by Gasteiger charge is 2.33. The summed E-state index contributed by atoms with van der Waals surface area (Å²) in [5.74, 6) is -5.78. The average Bonchev–Trinajstić information content (AvgIpc) is 3.04. The summed E-state index contributed by atoms with van der Waals surface area (Å²) < 4.78 is 0. The fourth-order valence-corrected chi connectivity index (χ4v) is 5.07. The molecule has 1 aromatic rings. The van der Waals surface area contributed by atoms with Crippen molar-refractivity contribution in [2.45, 2.75) is 102 Å². The number of guanidine groups is 1. The van der Waals surface area contributed by atoms with Crippen LogP contribution in [0, 0.1) is 5.92 Å². The Morgan fingerprint density at radius 3 is 1.71 bits per heavy atom. The van der Waals surface area contributed by atoms with Crippen molar-refractivity contribution in [2.24, 2.45) is 39.6 Å². The van der Waals surface area contributed by atoms with Gasteiger partial charge in [0.25, 0.3) is 0 Å². The van der Waals surface area contributed by atoms with Gasteiger partial charge < -0.3 is 60.4 Å². The highest BCUT2D eigenvalue weighted by Crippen LogP contribution is 2.13. The van der Waals surface area contributed by atoms with Crippen molar-refractivity contribution in [3.8, 4) is 5.75 Å². The predicted octanol–water partition coefficient (Wildman–Crippen LogP) is -3.03. The van der Waals surface area contributed by atoms with Crippen LogP contribution in [0.5, 0.6) is 5.75 Å². The lowest BCUT2D eigenvalue weighted by Crippen LogP contribution is -2.60. The molecule has 0 heterocycles. The number of unbranched alkanes of at least 4 members (excludes halogenated alkanes) is 1. The third-order valence-electron chi connectivity index (χ3n) is 7.63. The zero-order chi connectivity index (χ0) is 39.4. The Hall–Kier alpha value is -5.46. The molecule has 19 nitrogen and oxygen atoms in total. The van der Waals surface area contributed by atoms with E-state index in [0.29, 0.717) is 24.9 Å². The van der Waals surface area contributed by atoms with Gasteiger partial charge in [-0.1, -0.05) is 26.0 Å². The SMILES string of the molecule is CC(=O)NC(CCCCN)C(=O)NC(CCCN=C(N)N)C(=O)NC(Cc1ccc(O)cc1)C(=O)NC(CC(N)=O)C(=O)NC(CC(C)C)C(N)=O. The lowest BCUT2D eigenvalue weighted by molar-refractivity contribution is -0.135. The first-order chi connectivity index (χ1) is 24.4. The molecule has 19 heteroatoms. The summed E-state index contributed by atoms with van der Waals surface area (Å²) in [4.78, 5) is 94.0. The normalized spacial score (nSPS) is 13.7. The smallest absolute Gasteiger partial charge is 0.243 e. The number of aromatic hydroxyl groups is 1. The van der Waals surface area contributed by atoms with Crippen LogP contribution in [-0.4, -0.2) is 95.7 Å². The van der Waals surface area contributed by atoms with Gasteiger partial charge in [-0.15, -0.1) is 0 Å². The number of phenolic OH excluding ortho intramolecular Hbond substituents is 1. The second kappa shape index (κ2) is 23.1. The van der Waals surface area contributed by atoms with E-state index in [1.54, 1.807) is 13.8 Å². The summed E-state index contributed by atoms with van der Waals surface area (Å²) in [7, 11) is 0. The van der Waals surface area contributed by atoms with Gasteiger partial charge in [0.1, 0.15) is 36.0 Å². The molecule has 290 valence electrons. The Bertz CT molecular complexity index is 1400. The van der Waals surface area contributed by atoms with Crippen molar-refractivity contribution in [2.75, 3.05) is 13.1 Å². The monoisotopic (exact) mass is 733 g/mol. The molecule has 0 saturated heterocycles. The number of carbonyl (C=O) groups excluding carboxylic acids is 7. The molecule has 1 aromatic carbocycles. The quantitative estimate of drug-likeness (QED) is 0.0288. The maximum atomic E-state index is 13.9. The molecular weight excluding hydrogens is 678 g/mol. The minimum Gasteiger partial charge on any atom is -0.508 e. The van der Waals surface area contributed by atoms with Gasteiger partial charge in [-0.05, 0) is 68.7 Å². The predicted molar refractivity (Wildman–Crippen MR) is 192 cm³/mol. The molecule has 0 aliphatic carbocycles. The fraction of sp³-hybridized carbons (Fsp3) is 0.576. The van der Waals surface area contributed by atoms with Crippen LogP contribution >= 0.6 is 0 Å². The number of rotatable bonds is 24. The Kier molecular flexibility index (Phi) is 19.8. The van der Waals surface area contributed by atoms with Gasteiger partial charge in [0.15, 0.2) is 5.96 Å². The number of phenols is 1. The molecule has 0 fully saturated rings. The molecule has 5 unspecified atom stereocenters. The molecule has 0 radical (unpaired) electrons. The van der Waals surface area contributed by atoms with Crippen molar-refractivity contribution < 1.29 is 38.7 Å². The Balaban J connectivity index is 3.44. The third-order valence-corrected chi connectivity index (χ3v) is 7.63. The van der Waals surface area contributed by atoms with E-state index in [-0.39, 0.29) is 56.3 Å². The zero-order valence-corrected chi connectivity index (χ0v) is 30.0. The number of hydrogen-bond acceptors (Lipinski definition) is 10. The van der Waals surface area contributed by atoms with E-state index in [0.717, 1.165) is 0 Å². The lowest BCUT2D eigenvalue weighted by Gasteiger charge is -2.27.